The zero-order valence-corrected chi connectivity index (χ0v) is 9.51. The van der Waals surface area contributed by atoms with Gasteiger partial charge in [-0.3, -0.25) is 4.99 Å². The first kappa shape index (κ1) is 10.3. The van der Waals surface area contributed by atoms with Crippen LogP contribution in [-0.4, -0.2) is 12.0 Å². The van der Waals surface area contributed by atoms with Crippen LogP contribution in [0.25, 0.3) is 0 Å². The second kappa shape index (κ2) is 4.53. The van der Waals surface area contributed by atoms with Crippen molar-refractivity contribution in [2.24, 2.45) is 4.99 Å². The maximum absolute atomic E-state index is 10.4. The largest absolute Gasteiger partial charge is 0.303 e. The molecule has 3 heteroatoms. The van der Waals surface area contributed by atoms with E-state index < -0.39 is 0 Å². The number of fused-ring (bicyclic) bond motifs is 1. The van der Waals surface area contributed by atoms with E-state index in [2.05, 4.69) is 23.4 Å². The highest BCUT2D eigenvalue weighted by Crippen LogP contribution is 2.26. The number of aldehydes is 1. The van der Waals surface area contributed by atoms with Crippen molar-refractivity contribution in [2.45, 2.75) is 26.2 Å². The Bertz CT molecular complexity index is 429. The van der Waals surface area contributed by atoms with Gasteiger partial charge in [0.05, 0.1) is 10.6 Å². The third-order valence-electron chi connectivity index (χ3n) is 2.52. The van der Waals surface area contributed by atoms with Gasteiger partial charge in [0, 0.05) is 12.6 Å². The van der Waals surface area contributed by atoms with Gasteiger partial charge in [0.2, 0.25) is 0 Å². The Morgan fingerprint density at radius 2 is 2.47 bits per heavy atom. The number of carbonyl (C=O) groups is 1. The molecule has 1 aliphatic rings. The Morgan fingerprint density at radius 1 is 1.60 bits per heavy atom. The van der Waals surface area contributed by atoms with Crippen molar-refractivity contribution in [3.8, 4) is 0 Å². The maximum Gasteiger partial charge on any atom is 0.120 e. The number of aryl methyl sites for hydroxylation is 1. The molecule has 0 fully saturated rings. The third kappa shape index (κ3) is 2.07. The van der Waals surface area contributed by atoms with Crippen LogP contribution in [0.1, 0.15) is 28.8 Å². The van der Waals surface area contributed by atoms with E-state index >= 15 is 0 Å². The van der Waals surface area contributed by atoms with Crippen LogP contribution in [0.3, 0.4) is 0 Å². The molecule has 0 radical (unpaired) electrons. The molecule has 0 bridgehead atoms. The van der Waals surface area contributed by atoms with E-state index in [4.69, 9.17) is 0 Å². The van der Waals surface area contributed by atoms with Gasteiger partial charge >= 0.3 is 0 Å². The standard InChI is InChI=1S/C12H13NOS/c1-9-8-15-12-10(9)4-2-6-13-11(12)5-3-7-14/h2,6-8H,3-5H2,1H3. The van der Waals surface area contributed by atoms with Gasteiger partial charge in [0.1, 0.15) is 6.29 Å². The number of thiophene rings is 1. The van der Waals surface area contributed by atoms with E-state index in [0.717, 1.165) is 24.8 Å². The molecule has 0 aliphatic carbocycles. The summed E-state index contributed by atoms with van der Waals surface area (Å²) in [6.45, 7) is 2.13. The summed E-state index contributed by atoms with van der Waals surface area (Å²) >= 11 is 1.74. The Balaban J connectivity index is 2.34. The summed E-state index contributed by atoms with van der Waals surface area (Å²) in [5.74, 6) is 0. The lowest BCUT2D eigenvalue weighted by atomic mass is 10.0. The second-order valence-corrected chi connectivity index (χ2v) is 4.48. The first-order valence-electron chi connectivity index (χ1n) is 5.05. The molecule has 15 heavy (non-hydrogen) atoms. The average molecular weight is 219 g/mol. The smallest absolute Gasteiger partial charge is 0.120 e. The van der Waals surface area contributed by atoms with E-state index in [-0.39, 0.29) is 0 Å². The van der Waals surface area contributed by atoms with Crippen molar-refractivity contribution in [1.82, 2.24) is 0 Å². The zero-order valence-electron chi connectivity index (χ0n) is 8.69. The minimum absolute atomic E-state index is 0.559. The molecule has 0 atom stereocenters. The quantitative estimate of drug-likeness (QED) is 0.719. The van der Waals surface area contributed by atoms with Crippen LogP contribution in [0.4, 0.5) is 0 Å². The van der Waals surface area contributed by atoms with E-state index in [0.29, 0.717) is 6.42 Å². The van der Waals surface area contributed by atoms with Gasteiger partial charge in [-0.1, -0.05) is 6.08 Å². The number of rotatable bonds is 3. The van der Waals surface area contributed by atoms with Gasteiger partial charge in [-0.15, -0.1) is 11.3 Å². The molecule has 0 saturated heterocycles. The van der Waals surface area contributed by atoms with Crippen molar-refractivity contribution in [3.05, 3.63) is 33.7 Å². The molecule has 0 spiro atoms. The molecule has 0 unspecified atom stereocenters. The summed E-state index contributed by atoms with van der Waals surface area (Å²) in [5.41, 5.74) is 3.77. The number of aliphatic imine (C=N–C) groups is 1. The lowest BCUT2D eigenvalue weighted by molar-refractivity contribution is -0.107. The van der Waals surface area contributed by atoms with Crippen LogP contribution >= 0.6 is 11.3 Å². The predicted molar refractivity (Wildman–Crippen MR) is 63.7 cm³/mol. The zero-order chi connectivity index (χ0) is 10.7. The summed E-state index contributed by atoms with van der Waals surface area (Å²) < 4.78 is 0. The molecule has 0 amide bonds. The molecule has 2 nitrogen and oxygen atoms in total. The third-order valence-corrected chi connectivity index (χ3v) is 3.71. The summed E-state index contributed by atoms with van der Waals surface area (Å²) in [7, 11) is 0. The van der Waals surface area contributed by atoms with Crippen molar-refractivity contribution in [1.29, 1.82) is 0 Å². The Kier molecular flexibility index (Phi) is 3.11. The van der Waals surface area contributed by atoms with Crippen LogP contribution in [0.2, 0.25) is 0 Å². The fourth-order valence-corrected chi connectivity index (χ4v) is 2.82. The van der Waals surface area contributed by atoms with Crippen molar-refractivity contribution in [2.75, 3.05) is 0 Å². The molecule has 0 aromatic carbocycles. The molecule has 1 aromatic heterocycles. The second-order valence-electron chi connectivity index (χ2n) is 3.60. The molecule has 2 rings (SSSR count). The maximum atomic E-state index is 10.4. The molecular formula is C12H13NOS. The highest BCUT2D eigenvalue weighted by Gasteiger charge is 2.14. The van der Waals surface area contributed by atoms with E-state index in [1.54, 1.807) is 11.3 Å². The van der Waals surface area contributed by atoms with E-state index in [9.17, 15) is 4.79 Å². The lowest BCUT2D eigenvalue weighted by Gasteiger charge is -2.02. The van der Waals surface area contributed by atoms with Crippen LogP contribution in [0, 0.1) is 6.92 Å². The normalized spacial score (nSPS) is 14.3. The van der Waals surface area contributed by atoms with Crippen molar-refractivity contribution < 1.29 is 4.79 Å². The van der Waals surface area contributed by atoms with Gasteiger partial charge < -0.3 is 4.79 Å². The summed E-state index contributed by atoms with van der Waals surface area (Å²) in [6.07, 6.45) is 7.15. The van der Waals surface area contributed by atoms with E-state index in [1.807, 2.05) is 6.20 Å². The number of nitrogens with zero attached hydrogens (tertiary/aromatic N) is 1. The Hall–Kier alpha value is -1.22. The Labute approximate surface area is 93.4 Å². The molecule has 0 saturated carbocycles. The predicted octanol–water partition coefficient (Wildman–Crippen LogP) is 2.89. The number of carbonyl (C=O) groups excluding carboxylic acids is 1. The van der Waals surface area contributed by atoms with Crippen LogP contribution in [0.5, 0.6) is 0 Å². The highest BCUT2D eigenvalue weighted by atomic mass is 32.1. The molecule has 78 valence electrons. The summed E-state index contributed by atoms with van der Waals surface area (Å²) in [5, 5.41) is 2.17. The number of allylic oxidation sites excluding steroid dienone is 1. The highest BCUT2D eigenvalue weighted by molar-refractivity contribution is 7.12. The van der Waals surface area contributed by atoms with Crippen molar-refractivity contribution in [3.63, 3.8) is 0 Å². The topological polar surface area (TPSA) is 29.4 Å². The number of hydrogen-bond acceptors (Lipinski definition) is 3. The number of hydrogen-bond donors (Lipinski definition) is 0. The SMILES string of the molecule is Cc1csc2c1CC=CN=C2CCC=O. The van der Waals surface area contributed by atoms with Gasteiger partial charge in [-0.2, -0.15) is 0 Å². The van der Waals surface area contributed by atoms with Crippen LogP contribution in [0.15, 0.2) is 22.6 Å². The molecule has 1 aliphatic heterocycles. The molecular weight excluding hydrogens is 206 g/mol. The fraction of sp³-hybridized carbons (Fsp3) is 0.333. The van der Waals surface area contributed by atoms with Crippen LogP contribution < -0.4 is 0 Å². The first-order valence-corrected chi connectivity index (χ1v) is 5.93. The molecule has 2 heterocycles. The fourth-order valence-electron chi connectivity index (χ4n) is 1.71. The Morgan fingerprint density at radius 3 is 3.27 bits per heavy atom. The monoisotopic (exact) mass is 219 g/mol. The average Bonchev–Trinajstić information content (AvgIpc) is 2.50. The van der Waals surface area contributed by atoms with Gasteiger partial charge in [0.25, 0.3) is 0 Å². The first-order chi connectivity index (χ1) is 7.33. The van der Waals surface area contributed by atoms with Gasteiger partial charge in [-0.05, 0) is 36.3 Å². The lowest BCUT2D eigenvalue weighted by Crippen LogP contribution is -2.00. The van der Waals surface area contributed by atoms with Gasteiger partial charge in [0.15, 0.2) is 0 Å². The van der Waals surface area contributed by atoms with Crippen LogP contribution in [-0.2, 0) is 11.2 Å². The van der Waals surface area contributed by atoms with Crippen molar-refractivity contribution >= 4 is 23.3 Å². The summed E-state index contributed by atoms with van der Waals surface area (Å²) in [6, 6.07) is 0. The molecule has 0 N–H and O–H groups in total. The summed E-state index contributed by atoms with van der Waals surface area (Å²) in [4.78, 5) is 16.0. The minimum Gasteiger partial charge on any atom is -0.303 e. The van der Waals surface area contributed by atoms with E-state index in [1.165, 1.54) is 16.0 Å². The van der Waals surface area contributed by atoms with Gasteiger partial charge in [-0.25, -0.2) is 0 Å². The minimum atomic E-state index is 0.559. The molecule has 1 aromatic rings.